The van der Waals surface area contributed by atoms with E-state index < -0.39 is 29.1 Å². The Labute approximate surface area is 107 Å². The summed E-state index contributed by atoms with van der Waals surface area (Å²) in [6, 6.07) is 1.92. The summed E-state index contributed by atoms with van der Waals surface area (Å²) < 4.78 is 50.6. The zero-order valence-corrected chi connectivity index (χ0v) is 10.3. The average molecular weight is 279 g/mol. The fourth-order valence-electron chi connectivity index (χ4n) is 1.38. The van der Waals surface area contributed by atoms with Crippen molar-refractivity contribution < 1.29 is 27.5 Å². The first-order chi connectivity index (χ1) is 8.60. The van der Waals surface area contributed by atoms with Crippen LogP contribution >= 0.6 is 0 Å². The molecule has 1 atom stereocenters. The predicted octanol–water partition coefficient (Wildman–Crippen LogP) is 3.51. The molecule has 0 aromatic heterocycles. The van der Waals surface area contributed by atoms with Crippen molar-refractivity contribution in [1.29, 1.82) is 0 Å². The molecule has 7 heteroatoms. The standard InChI is InChI=1S/C12H13F4NO2/c1-3-11(2,10(18)19)17-9-5-4-7(6-8(9)13)12(14,15)16/h4-6,17H,3H2,1-2H3,(H,18,19). The molecule has 1 rings (SSSR count). The number of anilines is 1. The Morgan fingerprint density at radius 2 is 1.95 bits per heavy atom. The van der Waals surface area contributed by atoms with Gasteiger partial charge in [0.25, 0.3) is 0 Å². The molecule has 106 valence electrons. The van der Waals surface area contributed by atoms with Gasteiger partial charge in [-0.05, 0) is 31.5 Å². The Bertz CT molecular complexity index is 487. The first kappa shape index (κ1) is 15.3. The van der Waals surface area contributed by atoms with Crippen LogP contribution in [0.1, 0.15) is 25.8 Å². The highest BCUT2D eigenvalue weighted by atomic mass is 19.4. The molecular formula is C12H13F4NO2. The van der Waals surface area contributed by atoms with Gasteiger partial charge in [0.05, 0.1) is 11.3 Å². The van der Waals surface area contributed by atoms with Gasteiger partial charge in [0.1, 0.15) is 11.4 Å². The van der Waals surface area contributed by atoms with Crippen molar-refractivity contribution in [2.24, 2.45) is 0 Å². The number of benzene rings is 1. The maximum Gasteiger partial charge on any atom is 0.416 e. The highest BCUT2D eigenvalue weighted by Crippen LogP contribution is 2.32. The number of carbonyl (C=O) groups is 1. The van der Waals surface area contributed by atoms with Crippen molar-refractivity contribution in [1.82, 2.24) is 0 Å². The molecule has 0 fully saturated rings. The largest absolute Gasteiger partial charge is 0.480 e. The second-order valence-electron chi connectivity index (χ2n) is 4.31. The molecule has 0 aliphatic heterocycles. The second kappa shape index (κ2) is 5.07. The van der Waals surface area contributed by atoms with Crippen LogP contribution in [0.3, 0.4) is 0 Å². The third-order valence-electron chi connectivity index (χ3n) is 2.89. The minimum absolute atomic E-state index is 0.142. The van der Waals surface area contributed by atoms with Gasteiger partial charge in [0, 0.05) is 0 Å². The van der Waals surface area contributed by atoms with E-state index in [4.69, 9.17) is 5.11 Å². The van der Waals surface area contributed by atoms with Crippen LogP contribution in [0.2, 0.25) is 0 Å². The van der Waals surface area contributed by atoms with E-state index in [9.17, 15) is 22.4 Å². The summed E-state index contributed by atoms with van der Waals surface area (Å²) in [6.45, 7) is 2.90. The van der Waals surface area contributed by atoms with E-state index >= 15 is 0 Å². The summed E-state index contributed by atoms with van der Waals surface area (Å²) in [6.07, 6.45) is -4.50. The first-order valence-electron chi connectivity index (χ1n) is 5.48. The van der Waals surface area contributed by atoms with Crippen LogP contribution in [-0.2, 0) is 11.0 Å². The molecule has 0 heterocycles. The van der Waals surface area contributed by atoms with Crippen LogP contribution < -0.4 is 5.32 Å². The summed E-state index contributed by atoms with van der Waals surface area (Å²) in [4.78, 5) is 11.0. The van der Waals surface area contributed by atoms with Gasteiger partial charge >= 0.3 is 12.1 Å². The van der Waals surface area contributed by atoms with Crippen molar-refractivity contribution in [3.8, 4) is 0 Å². The van der Waals surface area contributed by atoms with Crippen molar-refractivity contribution >= 4 is 11.7 Å². The Morgan fingerprint density at radius 1 is 1.37 bits per heavy atom. The average Bonchev–Trinajstić information content (AvgIpc) is 2.30. The Morgan fingerprint density at radius 3 is 2.32 bits per heavy atom. The zero-order valence-electron chi connectivity index (χ0n) is 10.3. The van der Waals surface area contributed by atoms with Crippen molar-refractivity contribution in [3.05, 3.63) is 29.6 Å². The van der Waals surface area contributed by atoms with Crippen molar-refractivity contribution in [2.75, 3.05) is 5.32 Å². The van der Waals surface area contributed by atoms with E-state index in [1.807, 2.05) is 0 Å². The molecule has 0 spiro atoms. The maximum absolute atomic E-state index is 13.6. The van der Waals surface area contributed by atoms with E-state index in [0.717, 1.165) is 6.07 Å². The summed E-state index contributed by atoms with van der Waals surface area (Å²) in [5, 5.41) is 11.4. The molecule has 1 aromatic rings. The monoisotopic (exact) mass is 279 g/mol. The van der Waals surface area contributed by atoms with Gasteiger partial charge in [0.15, 0.2) is 0 Å². The van der Waals surface area contributed by atoms with E-state index in [-0.39, 0.29) is 12.1 Å². The highest BCUT2D eigenvalue weighted by molar-refractivity contribution is 5.82. The van der Waals surface area contributed by atoms with Crippen molar-refractivity contribution in [2.45, 2.75) is 32.0 Å². The topological polar surface area (TPSA) is 49.3 Å². The number of aliphatic carboxylic acids is 1. The molecule has 19 heavy (non-hydrogen) atoms. The van der Waals surface area contributed by atoms with E-state index in [0.29, 0.717) is 12.1 Å². The number of nitrogens with one attached hydrogen (secondary N) is 1. The van der Waals surface area contributed by atoms with Crippen LogP contribution in [0.5, 0.6) is 0 Å². The molecule has 2 N–H and O–H groups in total. The van der Waals surface area contributed by atoms with Gasteiger partial charge in [-0.15, -0.1) is 0 Å². The lowest BCUT2D eigenvalue weighted by Gasteiger charge is -2.26. The SMILES string of the molecule is CCC(C)(Nc1ccc(C(F)(F)F)cc1F)C(=O)O. The van der Waals surface area contributed by atoms with Crippen molar-refractivity contribution in [3.63, 3.8) is 0 Å². The van der Waals surface area contributed by atoms with Gasteiger partial charge in [-0.1, -0.05) is 6.92 Å². The van der Waals surface area contributed by atoms with Crippen LogP contribution in [0.25, 0.3) is 0 Å². The number of carboxylic acid groups (broad SMARTS) is 1. The van der Waals surface area contributed by atoms with Crippen LogP contribution in [0.4, 0.5) is 23.2 Å². The minimum Gasteiger partial charge on any atom is -0.480 e. The molecule has 0 saturated carbocycles. The molecule has 0 bridgehead atoms. The fraction of sp³-hybridized carbons (Fsp3) is 0.417. The van der Waals surface area contributed by atoms with Gasteiger partial charge in [0.2, 0.25) is 0 Å². The molecule has 1 aromatic carbocycles. The Kier molecular flexibility index (Phi) is 4.07. The zero-order chi connectivity index (χ0) is 14.8. The summed E-state index contributed by atoms with van der Waals surface area (Å²) in [5.74, 6) is -2.36. The smallest absolute Gasteiger partial charge is 0.416 e. The van der Waals surface area contributed by atoms with Gasteiger partial charge in [-0.25, -0.2) is 9.18 Å². The lowest BCUT2D eigenvalue weighted by molar-refractivity contribution is -0.142. The summed E-state index contributed by atoms with van der Waals surface area (Å²) in [5.41, 5.74) is -2.84. The normalized spacial score (nSPS) is 14.8. The van der Waals surface area contributed by atoms with Gasteiger partial charge < -0.3 is 10.4 Å². The number of hydrogen-bond donors (Lipinski definition) is 2. The summed E-state index contributed by atoms with van der Waals surface area (Å²) in [7, 11) is 0. The molecule has 1 unspecified atom stereocenters. The van der Waals surface area contributed by atoms with Crippen LogP contribution in [-0.4, -0.2) is 16.6 Å². The van der Waals surface area contributed by atoms with E-state index in [1.54, 1.807) is 6.92 Å². The molecule has 0 aliphatic rings. The van der Waals surface area contributed by atoms with Gasteiger partial charge in [-0.3, -0.25) is 0 Å². The Hall–Kier alpha value is -1.79. The highest BCUT2D eigenvalue weighted by Gasteiger charge is 2.34. The number of hydrogen-bond acceptors (Lipinski definition) is 2. The fourth-order valence-corrected chi connectivity index (χ4v) is 1.38. The third-order valence-corrected chi connectivity index (χ3v) is 2.89. The molecular weight excluding hydrogens is 266 g/mol. The number of alkyl halides is 3. The molecule has 0 amide bonds. The predicted molar refractivity (Wildman–Crippen MR) is 61.4 cm³/mol. The Balaban J connectivity index is 3.08. The lowest BCUT2D eigenvalue weighted by Crippen LogP contribution is -2.42. The van der Waals surface area contributed by atoms with E-state index in [1.165, 1.54) is 6.92 Å². The third kappa shape index (κ3) is 3.36. The lowest BCUT2D eigenvalue weighted by atomic mass is 9.98. The summed E-state index contributed by atoms with van der Waals surface area (Å²) >= 11 is 0. The second-order valence-corrected chi connectivity index (χ2v) is 4.31. The molecule has 0 radical (unpaired) electrons. The quantitative estimate of drug-likeness (QED) is 0.829. The van der Waals surface area contributed by atoms with E-state index in [2.05, 4.69) is 5.32 Å². The maximum atomic E-state index is 13.6. The molecule has 0 aliphatic carbocycles. The van der Waals surface area contributed by atoms with Crippen LogP contribution in [0, 0.1) is 5.82 Å². The number of carboxylic acids is 1. The minimum atomic E-state index is -4.64. The number of rotatable bonds is 4. The molecule has 3 nitrogen and oxygen atoms in total. The van der Waals surface area contributed by atoms with Crippen LogP contribution in [0.15, 0.2) is 18.2 Å². The number of halogens is 4. The molecule has 0 saturated heterocycles. The first-order valence-corrected chi connectivity index (χ1v) is 5.48. The van der Waals surface area contributed by atoms with Gasteiger partial charge in [-0.2, -0.15) is 13.2 Å².